The Balaban J connectivity index is 0.000000126. The van der Waals surface area contributed by atoms with Crippen molar-refractivity contribution in [2.45, 2.75) is 0 Å². The highest BCUT2D eigenvalue weighted by Crippen LogP contribution is 2.13. The van der Waals surface area contributed by atoms with Crippen molar-refractivity contribution in [2.24, 2.45) is 0 Å². The van der Waals surface area contributed by atoms with Crippen molar-refractivity contribution in [1.29, 1.82) is 0 Å². The molecule has 0 unspecified atom stereocenters. The van der Waals surface area contributed by atoms with Crippen LogP contribution in [0.3, 0.4) is 0 Å². The van der Waals surface area contributed by atoms with E-state index in [1.165, 1.54) is 0 Å². The van der Waals surface area contributed by atoms with Gasteiger partial charge >= 0.3 is 11.5 Å². The first kappa shape index (κ1) is 13.3. The zero-order chi connectivity index (χ0) is 14.8. The smallest absolute Gasteiger partial charge is 0.406 e. The van der Waals surface area contributed by atoms with Gasteiger partial charge in [-0.2, -0.15) is 0 Å². The molecule has 8 nitrogen and oxygen atoms in total. The fourth-order valence-corrected chi connectivity index (χ4v) is 1.91. The number of oxazole rings is 2. The maximum atomic E-state index is 10.6. The summed E-state index contributed by atoms with van der Waals surface area (Å²) in [5.41, 5.74) is 1.92. The van der Waals surface area contributed by atoms with E-state index in [0.717, 1.165) is 4.47 Å². The Bertz CT molecular complexity index is 977. The predicted molar refractivity (Wildman–Crippen MR) is 77.0 cm³/mol. The Morgan fingerprint density at radius 3 is 2.38 bits per heavy atom. The van der Waals surface area contributed by atoms with Crippen LogP contribution in [-0.2, 0) is 0 Å². The van der Waals surface area contributed by atoms with Crippen LogP contribution in [0.4, 0.5) is 0 Å². The van der Waals surface area contributed by atoms with Crippen LogP contribution in [0.1, 0.15) is 0 Å². The van der Waals surface area contributed by atoms with E-state index in [2.05, 4.69) is 35.9 Å². The SMILES string of the molecule is O=c1[nH]c2ncc(Br)cc2o1.O=c1[nH]c2ncccc2o1. The maximum absolute atomic E-state index is 10.6. The Kier molecular flexibility index (Phi) is 3.40. The summed E-state index contributed by atoms with van der Waals surface area (Å²) in [4.78, 5) is 33.8. The van der Waals surface area contributed by atoms with Gasteiger partial charge in [-0.15, -0.1) is 0 Å². The van der Waals surface area contributed by atoms with Crippen LogP contribution >= 0.6 is 15.9 Å². The summed E-state index contributed by atoms with van der Waals surface area (Å²) in [7, 11) is 0. The van der Waals surface area contributed by atoms with Crippen LogP contribution in [0.2, 0.25) is 0 Å². The third-order valence-electron chi connectivity index (χ3n) is 2.44. The minimum absolute atomic E-state index is 0.462. The summed E-state index contributed by atoms with van der Waals surface area (Å²) in [5.74, 6) is -0.945. The minimum atomic E-state index is -0.481. The van der Waals surface area contributed by atoms with Crippen LogP contribution in [-0.4, -0.2) is 19.9 Å². The zero-order valence-corrected chi connectivity index (χ0v) is 11.9. The molecule has 0 radical (unpaired) electrons. The van der Waals surface area contributed by atoms with Gasteiger partial charge in [0.2, 0.25) is 0 Å². The van der Waals surface area contributed by atoms with Crippen LogP contribution < -0.4 is 11.5 Å². The molecule has 0 amide bonds. The van der Waals surface area contributed by atoms with Gasteiger partial charge in [-0.1, -0.05) is 0 Å². The van der Waals surface area contributed by atoms with Crippen molar-refractivity contribution >= 4 is 38.4 Å². The maximum Gasteiger partial charge on any atom is 0.418 e. The molecule has 2 N–H and O–H groups in total. The lowest BCUT2D eigenvalue weighted by atomic mass is 10.5. The molecule has 0 aliphatic carbocycles. The molecule has 0 spiro atoms. The van der Waals surface area contributed by atoms with Gasteiger partial charge in [0.15, 0.2) is 22.5 Å². The van der Waals surface area contributed by atoms with Gasteiger partial charge < -0.3 is 8.83 Å². The van der Waals surface area contributed by atoms with Gasteiger partial charge in [0.1, 0.15) is 0 Å². The van der Waals surface area contributed by atoms with Crippen molar-refractivity contribution in [3.63, 3.8) is 0 Å². The number of hydrogen-bond donors (Lipinski definition) is 2. The molecule has 0 aliphatic heterocycles. The van der Waals surface area contributed by atoms with Crippen LogP contribution in [0.15, 0.2) is 53.5 Å². The van der Waals surface area contributed by atoms with E-state index in [0.29, 0.717) is 22.5 Å². The Labute approximate surface area is 124 Å². The number of hydrogen-bond acceptors (Lipinski definition) is 6. The van der Waals surface area contributed by atoms with Crippen LogP contribution in [0, 0.1) is 0 Å². The first-order valence-electron chi connectivity index (χ1n) is 5.70. The second-order valence-electron chi connectivity index (χ2n) is 3.88. The van der Waals surface area contributed by atoms with E-state index < -0.39 is 11.5 Å². The summed E-state index contributed by atoms with van der Waals surface area (Å²) in [6.45, 7) is 0. The van der Waals surface area contributed by atoms with Gasteiger partial charge in [0.25, 0.3) is 0 Å². The zero-order valence-electron chi connectivity index (χ0n) is 10.3. The second-order valence-corrected chi connectivity index (χ2v) is 4.80. The third-order valence-corrected chi connectivity index (χ3v) is 2.87. The average molecular weight is 351 g/mol. The lowest BCUT2D eigenvalue weighted by Gasteiger charge is -1.85. The van der Waals surface area contributed by atoms with Gasteiger partial charge in [0, 0.05) is 22.9 Å². The lowest BCUT2D eigenvalue weighted by Crippen LogP contribution is -1.93. The molecular weight excluding hydrogens is 344 g/mol. The molecular formula is C12H7BrN4O4. The number of rotatable bonds is 0. The van der Waals surface area contributed by atoms with E-state index >= 15 is 0 Å². The Hall–Kier alpha value is -2.68. The summed E-state index contributed by atoms with van der Waals surface area (Å²) in [5, 5.41) is 0. The number of H-pyrrole nitrogens is 2. The largest absolute Gasteiger partial charge is 0.418 e. The summed E-state index contributed by atoms with van der Waals surface area (Å²) < 4.78 is 10.2. The van der Waals surface area contributed by atoms with E-state index in [1.54, 1.807) is 30.6 Å². The van der Waals surface area contributed by atoms with Gasteiger partial charge in [-0.05, 0) is 28.1 Å². The van der Waals surface area contributed by atoms with Crippen LogP contribution in [0.25, 0.3) is 22.5 Å². The highest BCUT2D eigenvalue weighted by Gasteiger charge is 2.00. The monoisotopic (exact) mass is 350 g/mol. The number of pyridine rings is 2. The van der Waals surface area contributed by atoms with Gasteiger partial charge in [-0.3, -0.25) is 9.97 Å². The molecule has 9 heteroatoms. The molecule has 0 aromatic carbocycles. The summed E-state index contributed by atoms with van der Waals surface area (Å²) in [6, 6.07) is 5.07. The number of nitrogens with one attached hydrogen (secondary N) is 2. The standard InChI is InChI=1S/C6H3BrN2O2.C6H4N2O2/c7-3-1-4-5(8-2-3)9-6(10)11-4;9-6-8-5-4(10-6)2-1-3-7-5/h1-2H,(H,8,9,10);1-3H,(H,7,8,9). The quantitative estimate of drug-likeness (QED) is 0.499. The highest BCUT2D eigenvalue weighted by molar-refractivity contribution is 9.10. The van der Waals surface area contributed by atoms with Gasteiger partial charge in [0.05, 0.1) is 0 Å². The number of fused-ring (bicyclic) bond motifs is 2. The number of aromatic nitrogens is 4. The average Bonchev–Trinajstić information content (AvgIpc) is 2.99. The molecule has 0 aliphatic rings. The first-order chi connectivity index (χ1) is 10.1. The molecule has 4 aromatic heterocycles. The van der Waals surface area contributed by atoms with Gasteiger partial charge in [-0.25, -0.2) is 19.6 Å². The summed E-state index contributed by atoms with van der Waals surface area (Å²) in [6.07, 6.45) is 3.18. The molecule has 0 atom stereocenters. The van der Waals surface area contributed by atoms with Crippen molar-refractivity contribution in [2.75, 3.05) is 0 Å². The molecule has 106 valence electrons. The van der Waals surface area contributed by atoms with Crippen molar-refractivity contribution in [3.8, 4) is 0 Å². The second kappa shape index (κ2) is 5.37. The molecule has 4 rings (SSSR count). The number of halogens is 1. The van der Waals surface area contributed by atoms with Crippen molar-refractivity contribution in [1.82, 2.24) is 19.9 Å². The Morgan fingerprint density at radius 1 is 1.00 bits per heavy atom. The molecule has 4 heterocycles. The molecule has 0 bridgehead atoms. The third kappa shape index (κ3) is 2.92. The molecule has 0 saturated carbocycles. The topological polar surface area (TPSA) is 118 Å². The fourth-order valence-electron chi connectivity index (χ4n) is 1.60. The molecule has 0 saturated heterocycles. The van der Waals surface area contributed by atoms with E-state index in [-0.39, 0.29) is 0 Å². The van der Waals surface area contributed by atoms with Crippen molar-refractivity contribution < 1.29 is 8.83 Å². The molecule has 21 heavy (non-hydrogen) atoms. The van der Waals surface area contributed by atoms with E-state index in [1.807, 2.05) is 0 Å². The number of aromatic amines is 2. The molecule has 4 aromatic rings. The number of nitrogens with zero attached hydrogens (tertiary/aromatic N) is 2. The van der Waals surface area contributed by atoms with Crippen molar-refractivity contribution in [3.05, 3.63) is 56.2 Å². The van der Waals surface area contributed by atoms with Crippen LogP contribution in [0.5, 0.6) is 0 Å². The normalized spacial score (nSPS) is 10.5. The first-order valence-corrected chi connectivity index (χ1v) is 6.49. The Morgan fingerprint density at radius 2 is 1.67 bits per heavy atom. The highest BCUT2D eigenvalue weighted by atomic mass is 79.9. The van der Waals surface area contributed by atoms with E-state index in [9.17, 15) is 9.59 Å². The van der Waals surface area contributed by atoms with E-state index in [4.69, 9.17) is 8.83 Å². The predicted octanol–water partition coefficient (Wildman–Crippen LogP) is 1.79. The lowest BCUT2D eigenvalue weighted by molar-refractivity contribution is 0.555. The minimum Gasteiger partial charge on any atom is -0.406 e. The fraction of sp³-hybridized carbons (Fsp3) is 0. The summed E-state index contributed by atoms with van der Waals surface area (Å²) >= 11 is 3.20. The molecule has 0 fully saturated rings.